The van der Waals surface area contributed by atoms with E-state index in [0.717, 1.165) is 24.3 Å². The van der Waals surface area contributed by atoms with Gasteiger partial charge >= 0.3 is 5.97 Å². The van der Waals surface area contributed by atoms with Crippen LogP contribution in [0.1, 0.15) is 18.9 Å². The molecule has 0 spiro atoms. The molecule has 0 unspecified atom stereocenters. The van der Waals surface area contributed by atoms with E-state index >= 15 is 0 Å². The Labute approximate surface area is 112 Å². The van der Waals surface area contributed by atoms with E-state index in [1.54, 1.807) is 19.1 Å². The fraction of sp³-hybridized carbons (Fsp3) is 0.267. The first kappa shape index (κ1) is 13.2. The Bertz CT molecular complexity index is 529. The fourth-order valence-electron chi connectivity index (χ4n) is 1.73. The number of hydrogen-bond donors (Lipinski definition) is 1. The highest BCUT2D eigenvalue weighted by atomic mass is 16.7. The van der Waals surface area contributed by atoms with E-state index in [4.69, 9.17) is 14.6 Å². The zero-order valence-corrected chi connectivity index (χ0v) is 10.8. The molecule has 0 saturated carbocycles. The van der Waals surface area contributed by atoms with Crippen LogP contribution in [-0.4, -0.2) is 17.9 Å². The molecular weight excluding hydrogens is 244 g/mol. The summed E-state index contributed by atoms with van der Waals surface area (Å²) >= 11 is 0. The number of aryl methyl sites for hydroxylation is 1. The first-order valence-electron chi connectivity index (χ1n) is 6.12. The van der Waals surface area contributed by atoms with E-state index in [2.05, 4.69) is 0 Å². The average molecular weight is 260 g/mol. The number of rotatable bonds is 5. The summed E-state index contributed by atoms with van der Waals surface area (Å²) in [5.74, 6) is 0.697. The lowest BCUT2D eigenvalue weighted by Gasteiger charge is -2.00. The van der Waals surface area contributed by atoms with Crippen LogP contribution in [0, 0.1) is 0 Å². The average Bonchev–Trinajstić information content (AvgIpc) is 2.85. The van der Waals surface area contributed by atoms with Crippen molar-refractivity contribution in [1.29, 1.82) is 0 Å². The Balaban J connectivity index is 1.85. The van der Waals surface area contributed by atoms with Crippen molar-refractivity contribution in [1.82, 2.24) is 0 Å². The molecule has 0 atom stereocenters. The van der Waals surface area contributed by atoms with Crippen LogP contribution < -0.4 is 9.47 Å². The number of fused-ring (bicyclic) bond motifs is 1. The number of ether oxygens (including phenoxy) is 2. The summed E-state index contributed by atoms with van der Waals surface area (Å²) in [5.41, 5.74) is 1.51. The van der Waals surface area contributed by atoms with Gasteiger partial charge in [0.15, 0.2) is 11.5 Å². The molecule has 2 rings (SSSR count). The molecule has 0 fully saturated rings. The second-order valence-electron chi connectivity index (χ2n) is 4.31. The van der Waals surface area contributed by atoms with E-state index < -0.39 is 5.97 Å². The van der Waals surface area contributed by atoms with Gasteiger partial charge < -0.3 is 14.6 Å². The lowest BCUT2D eigenvalue weighted by molar-refractivity contribution is -0.132. The summed E-state index contributed by atoms with van der Waals surface area (Å²) in [7, 11) is 0. The van der Waals surface area contributed by atoms with Gasteiger partial charge in [-0.2, -0.15) is 0 Å². The van der Waals surface area contributed by atoms with Crippen LogP contribution in [0.5, 0.6) is 11.5 Å². The number of carboxylic acids is 1. The molecule has 0 saturated heterocycles. The van der Waals surface area contributed by atoms with Gasteiger partial charge in [-0.3, -0.25) is 0 Å². The molecule has 0 aromatic heterocycles. The normalized spacial score (nSPS) is 14.1. The SMILES string of the molecule is C/C(=C\C=C\CCc1ccc2c(c1)OCO2)C(=O)O. The van der Waals surface area contributed by atoms with Crippen LogP contribution in [0.4, 0.5) is 0 Å². The standard InChI is InChI=1S/C15H16O4/c1-11(15(16)17)5-3-2-4-6-12-7-8-13-14(9-12)19-10-18-13/h2-3,5,7-9H,4,6,10H2,1H3,(H,16,17)/b3-2+,11-5+. The summed E-state index contributed by atoms with van der Waals surface area (Å²) in [6.07, 6.45) is 7.06. The number of aliphatic carboxylic acids is 1. The summed E-state index contributed by atoms with van der Waals surface area (Å²) in [6.45, 7) is 1.86. The van der Waals surface area contributed by atoms with Gasteiger partial charge in [0.05, 0.1) is 0 Å². The first-order valence-corrected chi connectivity index (χ1v) is 6.12. The lowest BCUT2D eigenvalue weighted by atomic mass is 10.1. The minimum Gasteiger partial charge on any atom is -0.478 e. The Morgan fingerprint density at radius 3 is 2.95 bits per heavy atom. The molecule has 0 radical (unpaired) electrons. The van der Waals surface area contributed by atoms with Crippen molar-refractivity contribution < 1.29 is 19.4 Å². The molecule has 0 aliphatic carbocycles. The van der Waals surface area contributed by atoms with Crippen molar-refractivity contribution in [2.45, 2.75) is 19.8 Å². The van der Waals surface area contributed by atoms with Gasteiger partial charge in [0.2, 0.25) is 6.79 Å². The molecule has 100 valence electrons. The van der Waals surface area contributed by atoms with Crippen LogP contribution in [0.25, 0.3) is 0 Å². The Kier molecular flexibility index (Phi) is 4.23. The molecule has 19 heavy (non-hydrogen) atoms. The Morgan fingerprint density at radius 2 is 2.16 bits per heavy atom. The zero-order valence-electron chi connectivity index (χ0n) is 10.8. The van der Waals surface area contributed by atoms with Crippen molar-refractivity contribution in [2.75, 3.05) is 6.79 Å². The van der Waals surface area contributed by atoms with Crippen molar-refractivity contribution in [2.24, 2.45) is 0 Å². The van der Waals surface area contributed by atoms with Gasteiger partial charge in [-0.15, -0.1) is 0 Å². The summed E-state index contributed by atoms with van der Waals surface area (Å²) in [5, 5.41) is 8.68. The van der Waals surface area contributed by atoms with E-state index in [0.29, 0.717) is 5.57 Å². The molecule has 0 bridgehead atoms. The molecule has 4 nitrogen and oxygen atoms in total. The summed E-state index contributed by atoms with van der Waals surface area (Å²) < 4.78 is 10.6. The Hall–Kier alpha value is -2.23. The molecule has 1 heterocycles. The fourth-order valence-corrected chi connectivity index (χ4v) is 1.73. The van der Waals surface area contributed by atoms with Gasteiger partial charge in [0.1, 0.15) is 0 Å². The molecule has 4 heteroatoms. The number of carbonyl (C=O) groups is 1. The number of allylic oxidation sites excluding steroid dienone is 3. The van der Waals surface area contributed by atoms with Crippen LogP contribution in [-0.2, 0) is 11.2 Å². The van der Waals surface area contributed by atoms with Gasteiger partial charge in [-0.05, 0) is 37.5 Å². The molecule has 1 aliphatic rings. The molecule has 0 amide bonds. The molecule has 1 aliphatic heterocycles. The van der Waals surface area contributed by atoms with Gasteiger partial charge in [-0.25, -0.2) is 4.79 Å². The zero-order chi connectivity index (χ0) is 13.7. The lowest BCUT2D eigenvalue weighted by Crippen LogP contribution is -1.94. The Morgan fingerprint density at radius 1 is 1.37 bits per heavy atom. The largest absolute Gasteiger partial charge is 0.478 e. The van der Waals surface area contributed by atoms with Crippen LogP contribution >= 0.6 is 0 Å². The van der Waals surface area contributed by atoms with Crippen molar-refractivity contribution in [3.63, 3.8) is 0 Å². The maximum Gasteiger partial charge on any atom is 0.331 e. The third-order valence-corrected chi connectivity index (χ3v) is 2.86. The first-order chi connectivity index (χ1) is 9.16. The highest BCUT2D eigenvalue weighted by Gasteiger charge is 2.12. The number of benzene rings is 1. The van der Waals surface area contributed by atoms with Crippen LogP contribution in [0.15, 0.2) is 42.0 Å². The summed E-state index contributed by atoms with van der Waals surface area (Å²) in [4.78, 5) is 10.6. The number of hydrogen-bond acceptors (Lipinski definition) is 3. The summed E-state index contributed by atoms with van der Waals surface area (Å²) in [6, 6.07) is 5.91. The van der Waals surface area contributed by atoms with Gasteiger partial charge in [-0.1, -0.05) is 24.3 Å². The second kappa shape index (κ2) is 6.09. The van der Waals surface area contributed by atoms with Gasteiger partial charge in [0.25, 0.3) is 0 Å². The van der Waals surface area contributed by atoms with Crippen molar-refractivity contribution in [3.8, 4) is 11.5 Å². The minimum atomic E-state index is -0.888. The second-order valence-corrected chi connectivity index (χ2v) is 4.31. The highest BCUT2D eigenvalue weighted by Crippen LogP contribution is 2.32. The predicted octanol–water partition coefficient (Wildman–Crippen LogP) is 2.94. The number of carboxylic acid groups (broad SMARTS) is 1. The van der Waals surface area contributed by atoms with E-state index in [9.17, 15) is 4.79 Å². The van der Waals surface area contributed by atoms with Gasteiger partial charge in [0, 0.05) is 5.57 Å². The third kappa shape index (κ3) is 3.61. The quantitative estimate of drug-likeness (QED) is 0.653. The van der Waals surface area contributed by atoms with E-state index in [1.165, 1.54) is 5.56 Å². The van der Waals surface area contributed by atoms with Crippen molar-refractivity contribution in [3.05, 3.63) is 47.6 Å². The smallest absolute Gasteiger partial charge is 0.331 e. The molecule has 1 aromatic rings. The topological polar surface area (TPSA) is 55.8 Å². The minimum absolute atomic E-state index is 0.290. The maximum absolute atomic E-state index is 10.6. The van der Waals surface area contributed by atoms with E-state index in [-0.39, 0.29) is 6.79 Å². The monoisotopic (exact) mass is 260 g/mol. The third-order valence-electron chi connectivity index (χ3n) is 2.86. The molecule has 1 aromatic carbocycles. The molecular formula is C15H16O4. The van der Waals surface area contributed by atoms with Crippen molar-refractivity contribution >= 4 is 5.97 Å². The predicted molar refractivity (Wildman–Crippen MR) is 71.4 cm³/mol. The molecule has 1 N–H and O–H groups in total. The highest BCUT2D eigenvalue weighted by molar-refractivity contribution is 5.86. The maximum atomic E-state index is 10.6. The van der Waals surface area contributed by atoms with Crippen LogP contribution in [0.3, 0.4) is 0 Å². The van der Waals surface area contributed by atoms with Crippen LogP contribution in [0.2, 0.25) is 0 Å². The van der Waals surface area contributed by atoms with E-state index in [1.807, 2.05) is 24.3 Å².